The van der Waals surface area contributed by atoms with Crippen molar-refractivity contribution in [1.29, 1.82) is 0 Å². The van der Waals surface area contributed by atoms with Crippen molar-refractivity contribution in [3.05, 3.63) is 41.2 Å². The van der Waals surface area contributed by atoms with Crippen molar-refractivity contribution in [2.75, 3.05) is 26.9 Å². The smallest absolute Gasteiger partial charge is 0.229 e. The van der Waals surface area contributed by atoms with Crippen LogP contribution in [0.2, 0.25) is 0 Å². The van der Waals surface area contributed by atoms with E-state index in [1.807, 2.05) is 0 Å². The number of benzene rings is 2. The molecule has 66 heavy (non-hydrogen) atoms. The van der Waals surface area contributed by atoms with Gasteiger partial charge in [0.05, 0.1) is 38.6 Å². The Balaban J connectivity index is 1.26. The van der Waals surface area contributed by atoms with E-state index in [2.05, 4.69) is 0 Å². The van der Waals surface area contributed by atoms with E-state index in [-0.39, 0.29) is 28.4 Å². The lowest BCUT2D eigenvalue weighted by atomic mass is 9.96. The molecule has 370 valence electrons. The van der Waals surface area contributed by atoms with Crippen LogP contribution < -0.4 is 14.2 Å². The number of fused-ring (bicyclic) bond motifs is 1. The standard InChI is InChI=1S/C40H54O26/c1-11-23(45)28(50)32(54)37(59-11)58-10-22-27(49)31(53)36(66-39-34(56)30(52)26(48)21(9-42)64-39)40(65-22)62-19-7-14-15(44)5-13(43)6-16(14)60-35(19)12-3-17(57-2)24(46)18(4-12)61-38-33(55)29(51)25(47)20(8-41)63-38/h3-7,11,20-23,25-56H,8-10H2,1-2H3/t11-,20-,21+,22-,23+,25-,26-,27-,28+,29+,30+,31-,32-,33-,34-,35?,36+,37-,38-,39+,40-/m1/s1. The second-order valence-electron chi connectivity index (χ2n) is 16.3. The monoisotopic (exact) mass is 950 g/mol. The Labute approximate surface area is 373 Å². The Bertz CT molecular complexity index is 2000. The molecule has 0 bridgehead atoms. The molecule has 5 heterocycles. The number of aliphatic hydroxyl groups is 13. The third-order valence-electron chi connectivity index (χ3n) is 11.8. The predicted octanol–water partition coefficient (Wildman–Crippen LogP) is -6.04. The Morgan fingerprint density at radius 3 is 1.76 bits per heavy atom. The molecule has 7 rings (SSSR count). The lowest BCUT2D eigenvalue weighted by molar-refractivity contribution is -0.368. The Hall–Kier alpha value is -3.98. The minimum Gasteiger partial charge on any atom is -0.508 e. The quantitative estimate of drug-likeness (QED) is 0.0888. The van der Waals surface area contributed by atoms with Crippen LogP contribution in [-0.2, 0) is 33.2 Å². The van der Waals surface area contributed by atoms with Crippen LogP contribution in [-0.4, -0.2) is 231 Å². The summed E-state index contributed by atoms with van der Waals surface area (Å²) in [5.41, 5.74) is -0.159. The highest BCUT2D eigenvalue weighted by Crippen LogP contribution is 2.48. The highest BCUT2D eigenvalue weighted by atomic mass is 16.8. The van der Waals surface area contributed by atoms with E-state index < -0.39 is 172 Å². The third-order valence-corrected chi connectivity index (χ3v) is 11.8. The van der Waals surface area contributed by atoms with Gasteiger partial charge in [0.15, 0.2) is 36.3 Å². The second kappa shape index (κ2) is 20.3. The molecule has 0 radical (unpaired) electrons. The molecule has 5 aliphatic rings. The molecule has 16 N–H and O–H groups in total. The largest absolute Gasteiger partial charge is 0.508 e. The van der Waals surface area contributed by atoms with E-state index in [4.69, 9.17) is 47.4 Å². The van der Waals surface area contributed by atoms with Gasteiger partial charge in [-0.3, -0.25) is 0 Å². The molecule has 4 fully saturated rings. The van der Waals surface area contributed by atoms with Crippen LogP contribution in [0.3, 0.4) is 0 Å². The van der Waals surface area contributed by atoms with Crippen LogP contribution in [0.1, 0.15) is 24.2 Å². The normalized spacial score (nSPS) is 41.6. The number of aliphatic hydroxyl groups excluding tert-OH is 13. The van der Waals surface area contributed by atoms with Gasteiger partial charge in [0.25, 0.3) is 0 Å². The molecule has 0 aliphatic carbocycles. The molecule has 0 spiro atoms. The van der Waals surface area contributed by atoms with Crippen LogP contribution in [0.5, 0.6) is 34.5 Å². The summed E-state index contributed by atoms with van der Waals surface area (Å²) < 4.78 is 57.7. The van der Waals surface area contributed by atoms with Gasteiger partial charge in [-0.1, -0.05) is 0 Å². The van der Waals surface area contributed by atoms with Crippen molar-refractivity contribution in [3.8, 4) is 34.5 Å². The van der Waals surface area contributed by atoms with E-state index in [0.717, 1.165) is 25.3 Å². The highest BCUT2D eigenvalue weighted by molar-refractivity contribution is 5.70. The number of phenols is 3. The highest BCUT2D eigenvalue weighted by Gasteiger charge is 2.53. The molecule has 2 aromatic carbocycles. The van der Waals surface area contributed by atoms with E-state index >= 15 is 0 Å². The van der Waals surface area contributed by atoms with Gasteiger partial charge in [0.1, 0.15) is 108 Å². The lowest BCUT2D eigenvalue weighted by Gasteiger charge is -2.47. The maximum absolute atomic E-state index is 11.7. The van der Waals surface area contributed by atoms with Gasteiger partial charge in [-0.15, -0.1) is 0 Å². The Kier molecular flexibility index (Phi) is 15.4. The summed E-state index contributed by atoms with van der Waals surface area (Å²) in [4.78, 5) is 0. The van der Waals surface area contributed by atoms with Gasteiger partial charge in [0.2, 0.25) is 18.3 Å². The predicted molar refractivity (Wildman–Crippen MR) is 209 cm³/mol. The topological polar surface area (TPSA) is 416 Å². The molecule has 1 unspecified atom stereocenters. The fourth-order valence-corrected chi connectivity index (χ4v) is 7.95. The van der Waals surface area contributed by atoms with E-state index in [1.54, 1.807) is 0 Å². The van der Waals surface area contributed by atoms with Gasteiger partial charge in [-0.25, -0.2) is 0 Å². The van der Waals surface area contributed by atoms with Crippen molar-refractivity contribution in [3.63, 3.8) is 0 Å². The fraction of sp³-hybridized carbons (Fsp3) is 0.650. The summed E-state index contributed by atoms with van der Waals surface area (Å²) >= 11 is 0. The summed E-state index contributed by atoms with van der Waals surface area (Å²) in [5, 5.41) is 169. The van der Waals surface area contributed by atoms with Crippen molar-refractivity contribution in [2.45, 2.75) is 136 Å². The first-order valence-electron chi connectivity index (χ1n) is 20.6. The van der Waals surface area contributed by atoms with Gasteiger partial charge in [0, 0.05) is 17.7 Å². The van der Waals surface area contributed by atoms with Crippen LogP contribution in [0.25, 0.3) is 6.08 Å². The summed E-state index contributed by atoms with van der Waals surface area (Å²) in [6.07, 6.45) is -35.8. The minimum absolute atomic E-state index is 0.0510. The van der Waals surface area contributed by atoms with Crippen molar-refractivity contribution < 1.29 is 129 Å². The Morgan fingerprint density at radius 1 is 0.561 bits per heavy atom. The van der Waals surface area contributed by atoms with Crippen LogP contribution in [0.4, 0.5) is 0 Å². The van der Waals surface area contributed by atoms with Gasteiger partial charge in [-0.05, 0) is 25.1 Å². The average molecular weight is 951 g/mol. The molecular formula is C40H54O26. The maximum atomic E-state index is 11.7. The molecule has 21 atom stereocenters. The van der Waals surface area contributed by atoms with Crippen molar-refractivity contribution in [1.82, 2.24) is 0 Å². The van der Waals surface area contributed by atoms with Gasteiger partial charge < -0.3 is 129 Å². The molecule has 0 aromatic heterocycles. The molecule has 5 aliphatic heterocycles. The van der Waals surface area contributed by atoms with E-state index in [1.165, 1.54) is 19.1 Å². The number of hydrogen-bond acceptors (Lipinski definition) is 26. The van der Waals surface area contributed by atoms with E-state index in [9.17, 15) is 81.7 Å². The number of methoxy groups -OCH3 is 1. The molecular weight excluding hydrogens is 896 g/mol. The van der Waals surface area contributed by atoms with Crippen LogP contribution in [0, 0.1) is 0 Å². The van der Waals surface area contributed by atoms with Gasteiger partial charge in [-0.2, -0.15) is 0 Å². The SMILES string of the molecule is COc1cc(C2Oc3cc(O)cc(O)c3C=C2O[C@@H]2O[C@H](CO[C@@H]3O[C@H](C)[C@H](O)[C@H](O)[C@H]3O)[C@@H](O)[C@@H](O)[C@@H]2O[C@@H]2O[C@@H](CO)[C@@H](O)[C@H](O)[C@H]2O)cc(O[C@@H]2O[C@H](CO)[C@@H](O)[C@H](O)[C@H]2O)c1O. The van der Waals surface area contributed by atoms with Crippen LogP contribution in [0.15, 0.2) is 30.0 Å². The first-order chi connectivity index (χ1) is 31.3. The fourth-order valence-electron chi connectivity index (χ4n) is 7.95. The molecule has 0 saturated carbocycles. The lowest BCUT2D eigenvalue weighted by Crippen LogP contribution is -2.65. The van der Waals surface area contributed by atoms with Gasteiger partial charge >= 0.3 is 0 Å². The Morgan fingerprint density at radius 2 is 1.12 bits per heavy atom. The second-order valence-corrected chi connectivity index (χ2v) is 16.3. The zero-order valence-corrected chi connectivity index (χ0v) is 34.9. The average Bonchev–Trinajstić information content (AvgIpc) is 3.29. The molecule has 0 amide bonds. The zero-order chi connectivity index (χ0) is 48.0. The number of phenolic OH excluding ortho intramolecular Hbond substituents is 3. The number of ether oxygens (including phenoxy) is 10. The van der Waals surface area contributed by atoms with Crippen molar-refractivity contribution in [2.24, 2.45) is 0 Å². The summed E-state index contributed by atoms with van der Waals surface area (Å²) in [5.74, 6) is -3.04. The van der Waals surface area contributed by atoms with Crippen molar-refractivity contribution >= 4 is 6.08 Å². The number of aromatic hydroxyl groups is 3. The first-order valence-corrected chi connectivity index (χ1v) is 20.6. The summed E-state index contributed by atoms with van der Waals surface area (Å²) in [7, 11) is 1.16. The summed E-state index contributed by atoms with van der Waals surface area (Å²) in [6, 6.07) is 4.41. The third kappa shape index (κ3) is 9.67. The molecule has 4 saturated heterocycles. The minimum atomic E-state index is -2.10. The zero-order valence-electron chi connectivity index (χ0n) is 34.9. The van der Waals surface area contributed by atoms with Crippen LogP contribution >= 0.6 is 0 Å². The molecule has 26 nitrogen and oxygen atoms in total. The number of rotatable bonds is 13. The number of hydrogen-bond donors (Lipinski definition) is 16. The van der Waals surface area contributed by atoms with E-state index in [0.29, 0.717) is 0 Å². The summed E-state index contributed by atoms with van der Waals surface area (Å²) in [6.45, 7) is -1.03. The molecule has 2 aromatic rings. The first kappa shape index (κ1) is 49.9. The maximum Gasteiger partial charge on any atom is 0.229 e. The molecule has 26 heteroatoms.